The number of carbonyl (C=O) groups excluding carboxylic acids is 1. The van der Waals surface area contributed by atoms with Gasteiger partial charge in [0, 0.05) is 5.56 Å². The molecule has 0 aromatic heterocycles. The zero-order chi connectivity index (χ0) is 10.7. The molecular weight excluding hydrogens is 172 g/mol. The molecule has 1 heteroatoms. The van der Waals surface area contributed by atoms with Crippen molar-refractivity contribution in [3.63, 3.8) is 0 Å². The van der Waals surface area contributed by atoms with Gasteiger partial charge in [-0.05, 0) is 49.9 Å². The van der Waals surface area contributed by atoms with Crippen LogP contribution in [-0.4, -0.2) is 6.29 Å². The van der Waals surface area contributed by atoms with Gasteiger partial charge < -0.3 is 0 Å². The molecule has 14 heavy (non-hydrogen) atoms. The van der Waals surface area contributed by atoms with Crippen molar-refractivity contribution in [2.75, 3.05) is 0 Å². The summed E-state index contributed by atoms with van der Waals surface area (Å²) in [6.45, 7) is 8.03. The van der Waals surface area contributed by atoms with Gasteiger partial charge in [0.1, 0.15) is 0 Å². The lowest BCUT2D eigenvalue weighted by atomic mass is 9.94. The molecule has 0 amide bonds. The minimum Gasteiger partial charge on any atom is -0.298 e. The fourth-order valence-corrected chi connectivity index (χ4v) is 1.68. The van der Waals surface area contributed by atoms with Gasteiger partial charge in [-0.15, -0.1) is 0 Å². The molecule has 0 aliphatic carbocycles. The van der Waals surface area contributed by atoms with E-state index in [9.17, 15) is 4.79 Å². The fourth-order valence-electron chi connectivity index (χ4n) is 1.68. The van der Waals surface area contributed by atoms with Gasteiger partial charge in [0.15, 0.2) is 6.29 Å². The fraction of sp³-hybridized carbons (Fsp3) is 0.308. The highest BCUT2D eigenvalue weighted by molar-refractivity contribution is 5.85. The smallest absolute Gasteiger partial charge is 0.150 e. The highest BCUT2D eigenvalue weighted by Gasteiger charge is 2.07. The van der Waals surface area contributed by atoms with Gasteiger partial charge in [0.05, 0.1) is 0 Å². The average molecular weight is 188 g/mol. The van der Waals surface area contributed by atoms with E-state index >= 15 is 0 Å². The maximum absolute atomic E-state index is 11.0. The van der Waals surface area contributed by atoms with Crippen molar-refractivity contribution in [2.24, 2.45) is 0 Å². The van der Waals surface area contributed by atoms with Gasteiger partial charge in [0.25, 0.3) is 0 Å². The summed E-state index contributed by atoms with van der Waals surface area (Å²) < 4.78 is 0. The maximum atomic E-state index is 11.0. The van der Waals surface area contributed by atoms with E-state index in [1.807, 2.05) is 39.8 Å². The van der Waals surface area contributed by atoms with Crippen LogP contribution in [0.2, 0.25) is 0 Å². The molecule has 1 rings (SSSR count). The van der Waals surface area contributed by atoms with Crippen molar-refractivity contribution in [1.29, 1.82) is 0 Å². The predicted molar refractivity (Wildman–Crippen MR) is 60.7 cm³/mol. The summed E-state index contributed by atoms with van der Waals surface area (Å²) in [5, 5.41) is 0. The third-order valence-corrected chi connectivity index (χ3v) is 2.59. The quantitative estimate of drug-likeness (QED) is 0.649. The zero-order valence-electron chi connectivity index (χ0n) is 9.22. The molecule has 0 aliphatic rings. The molecule has 0 N–H and O–H groups in total. The number of aryl methyl sites for hydroxylation is 2. The Labute approximate surface area is 85.5 Å². The summed E-state index contributed by atoms with van der Waals surface area (Å²) in [7, 11) is 0. The molecule has 74 valence electrons. The van der Waals surface area contributed by atoms with Crippen LogP contribution in [0, 0.1) is 20.8 Å². The second kappa shape index (κ2) is 4.23. The lowest BCUT2D eigenvalue weighted by Crippen LogP contribution is -1.97. The molecule has 1 nitrogen and oxygen atoms in total. The molecule has 0 saturated heterocycles. The summed E-state index contributed by atoms with van der Waals surface area (Å²) in [6, 6.07) is 2.12. The van der Waals surface area contributed by atoms with Crippen LogP contribution in [0.1, 0.15) is 39.5 Å². The van der Waals surface area contributed by atoms with Gasteiger partial charge in [-0.3, -0.25) is 4.79 Å². The summed E-state index contributed by atoms with van der Waals surface area (Å²) in [5.41, 5.74) is 5.29. The predicted octanol–water partition coefficient (Wildman–Crippen LogP) is 3.46. The van der Waals surface area contributed by atoms with Crippen molar-refractivity contribution >= 4 is 12.4 Å². The first-order chi connectivity index (χ1) is 6.61. The van der Waals surface area contributed by atoms with Gasteiger partial charge in [-0.2, -0.15) is 0 Å². The van der Waals surface area contributed by atoms with Crippen LogP contribution in [0.15, 0.2) is 12.1 Å². The Morgan fingerprint density at radius 3 is 2.21 bits per heavy atom. The summed E-state index contributed by atoms with van der Waals surface area (Å²) >= 11 is 0. The van der Waals surface area contributed by atoms with Gasteiger partial charge in [-0.25, -0.2) is 0 Å². The van der Waals surface area contributed by atoms with Gasteiger partial charge >= 0.3 is 0 Å². The Hall–Kier alpha value is -1.37. The first kappa shape index (κ1) is 10.7. The number of benzene rings is 1. The Bertz CT molecular complexity index is 387. The lowest BCUT2D eigenvalue weighted by Gasteiger charge is -2.10. The van der Waals surface area contributed by atoms with Crippen LogP contribution in [0.25, 0.3) is 6.08 Å². The minimum absolute atomic E-state index is 0.820. The molecule has 1 aromatic carbocycles. The van der Waals surface area contributed by atoms with Crippen LogP contribution < -0.4 is 0 Å². The second-order valence-electron chi connectivity index (χ2n) is 3.58. The minimum atomic E-state index is 0.820. The largest absolute Gasteiger partial charge is 0.298 e. The molecule has 0 spiro atoms. The van der Waals surface area contributed by atoms with Crippen molar-refractivity contribution in [2.45, 2.75) is 27.7 Å². The van der Waals surface area contributed by atoms with Gasteiger partial charge in [0.2, 0.25) is 0 Å². The third kappa shape index (κ3) is 1.77. The Morgan fingerprint density at radius 2 is 1.71 bits per heavy atom. The maximum Gasteiger partial charge on any atom is 0.150 e. The third-order valence-electron chi connectivity index (χ3n) is 2.59. The van der Waals surface area contributed by atoms with E-state index in [4.69, 9.17) is 0 Å². The molecule has 0 fully saturated rings. The van der Waals surface area contributed by atoms with E-state index in [0.717, 1.165) is 28.5 Å². The zero-order valence-corrected chi connectivity index (χ0v) is 9.22. The number of allylic oxidation sites excluding steroid dienone is 1. The van der Waals surface area contributed by atoms with E-state index in [1.165, 1.54) is 5.56 Å². The molecule has 0 radical (unpaired) electrons. The van der Waals surface area contributed by atoms with Crippen LogP contribution in [0.3, 0.4) is 0 Å². The van der Waals surface area contributed by atoms with Crippen LogP contribution in [0.4, 0.5) is 0 Å². The number of hydrogen-bond acceptors (Lipinski definition) is 1. The molecule has 0 heterocycles. The number of aldehydes is 1. The summed E-state index contributed by atoms with van der Waals surface area (Å²) in [5.74, 6) is 0. The van der Waals surface area contributed by atoms with E-state index in [2.05, 4.69) is 6.07 Å². The monoisotopic (exact) mass is 188 g/mol. The van der Waals surface area contributed by atoms with Crippen molar-refractivity contribution in [1.82, 2.24) is 0 Å². The van der Waals surface area contributed by atoms with E-state index in [-0.39, 0.29) is 0 Å². The van der Waals surface area contributed by atoms with Crippen molar-refractivity contribution in [3.05, 3.63) is 40.0 Å². The summed E-state index contributed by atoms with van der Waals surface area (Å²) in [4.78, 5) is 11.0. The van der Waals surface area contributed by atoms with E-state index in [1.54, 1.807) is 0 Å². The highest BCUT2D eigenvalue weighted by atomic mass is 16.1. The Kier molecular flexibility index (Phi) is 3.23. The molecule has 0 saturated carbocycles. The molecule has 0 atom stereocenters. The van der Waals surface area contributed by atoms with Gasteiger partial charge in [-0.1, -0.05) is 18.2 Å². The van der Waals surface area contributed by atoms with Crippen LogP contribution in [-0.2, 0) is 0 Å². The Balaban J connectivity index is 3.54. The highest BCUT2D eigenvalue weighted by Crippen LogP contribution is 2.21. The van der Waals surface area contributed by atoms with Crippen molar-refractivity contribution in [3.8, 4) is 0 Å². The standard InChI is InChI=1S/C13H16O/c1-5-6-12-10(3)7-9(2)11(4)13(12)8-14/h5-8H,1-4H3. The lowest BCUT2D eigenvalue weighted by molar-refractivity contribution is 0.112. The Morgan fingerprint density at radius 1 is 1.07 bits per heavy atom. The van der Waals surface area contributed by atoms with Crippen molar-refractivity contribution < 1.29 is 4.79 Å². The first-order valence-electron chi connectivity index (χ1n) is 4.80. The summed E-state index contributed by atoms with van der Waals surface area (Å²) in [6.07, 6.45) is 4.90. The number of hydrogen-bond donors (Lipinski definition) is 0. The van der Waals surface area contributed by atoms with Crippen LogP contribution >= 0.6 is 0 Å². The topological polar surface area (TPSA) is 17.1 Å². The van der Waals surface area contributed by atoms with Crippen LogP contribution in [0.5, 0.6) is 0 Å². The second-order valence-corrected chi connectivity index (χ2v) is 3.58. The molecular formula is C13H16O. The first-order valence-corrected chi connectivity index (χ1v) is 4.80. The molecule has 0 unspecified atom stereocenters. The van der Waals surface area contributed by atoms with E-state index < -0.39 is 0 Å². The van der Waals surface area contributed by atoms with E-state index in [0.29, 0.717) is 0 Å². The molecule has 0 bridgehead atoms. The number of carbonyl (C=O) groups is 1. The number of rotatable bonds is 2. The molecule has 1 aromatic rings. The average Bonchev–Trinajstić information content (AvgIpc) is 2.15. The SMILES string of the molecule is CC=Cc1c(C)cc(C)c(C)c1C=O. The normalized spacial score (nSPS) is 10.9. The molecule has 0 aliphatic heterocycles.